The molecule has 8 heteroatoms. The lowest BCUT2D eigenvalue weighted by Crippen LogP contribution is -2.39. The third-order valence-corrected chi connectivity index (χ3v) is 5.37. The second-order valence-electron chi connectivity index (χ2n) is 5.16. The van der Waals surface area contributed by atoms with Crippen LogP contribution in [0.5, 0.6) is 5.75 Å². The monoisotopic (exact) mass is 321 g/mol. The van der Waals surface area contributed by atoms with Crippen molar-refractivity contribution in [2.24, 2.45) is 0 Å². The number of hydrogen-bond acceptors (Lipinski definition) is 3. The summed E-state index contributed by atoms with van der Waals surface area (Å²) in [6.45, 7) is -2.90. The molecule has 0 bridgehead atoms. The van der Waals surface area contributed by atoms with Crippen molar-refractivity contribution in [3.8, 4) is 5.75 Å². The first-order valence-corrected chi connectivity index (χ1v) is 8.32. The van der Waals surface area contributed by atoms with Gasteiger partial charge in [-0.15, -0.1) is 0 Å². The molecule has 0 spiro atoms. The maximum atomic E-state index is 12.1. The minimum absolute atomic E-state index is 0.00410. The van der Waals surface area contributed by atoms with Crippen LogP contribution in [0.1, 0.15) is 32.1 Å². The molecule has 0 radical (unpaired) electrons. The summed E-state index contributed by atoms with van der Waals surface area (Å²) >= 11 is 0. The Morgan fingerprint density at radius 3 is 2.19 bits per heavy atom. The predicted octanol–water partition coefficient (Wildman–Crippen LogP) is 3.54. The van der Waals surface area contributed by atoms with E-state index in [-0.39, 0.29) is 5.75 Å². The molecule has 1 aromatic rings. The molecule has 0 amide bonds. The average molecular weight is 321 g/mol. The number of rotatable bonds is 5. The molecule has 1 aliphatic carbocycles. The van der Waals surface area contributed by atoms with E-state index in [1.807, 2.05) is 0 Å². The van der Waals surface area contributed by atoms with Crippen molar-refractivity contribution in [3.63, 3.8) is 0 Å². The Kier molecular flexibility index (Phi) is 4.86. The fraction of sp³-hybridized carbons (Fsp3) is 0.538. The molecule has 1 aromatic carbocycles. The van der Waals surface area contributed by atoms with Gasteiger partial charge >= 0.3 is 14.2 Å². The van der Waals surface area contributed by atoms with E-state index in [0.717, 1.165) is 19.3 Å². The number of benzene rings is 1. The molecule has 0 unspecified atom stereocenters. The molecule has 21 heavy (non-hydrogen) atoms. The maximum absolute atomic E-state index is 12.1. The SMILES string of the molecule is O=P(O)(O)C1(Nc2ccc(OC(F)F)cc2)CCCCC1. The van der Waals surface area contributed by atoms with Crippen LogP contribution in [0.25, 0.3) is 0 Å². The first kappa shape index (κ1) is 16.2. The van der Waals surface area contributed by atoms with Gasteiger partial charge in [0.2, 0.25) is 0 Å². The van der Waals surface area contributed by atoms with E-state index in [0.29, 0.717) is 18.5 Å². The number of hydrogen-bond donors (Lipinski definition) is 3. The molecule has 118 valence electrons. The molecular weight excluding hydrogens is 303 g/mol. The van der Waals surface area contributed by atoms with Gasteiger partial charge < -0.3 is 19.8 Å². The number of anilines is 1. The second kappa shape index (κ2) is 6.30. The van der Waals surface area contributed by atoms with Gasteiger partial charge in [0.15, 0.2) is 0 Å². The Morgan fingerprint density at radius 1 is 1.14 bits per heavy atom. The summed E-state index contributed by atoms with van der Waals surface area (Å²) in [5.41, 5.74) is 0.474. The lowest BCUT2D eigenvalue weighted by molar-refractivity contribution is -0.0498. The molecule has 5 nitrogen and oxygen atoms in total. The van der Waals surface area contributed by atoms with Gasteiger partial charge in [0.1, 0.15) is 11.0 Å². The maximum Gasteiger partial charge on any atom is 0.387 e. The second-order valence-corrected chi connectivity index (χ2v) is 7.11. The predicted molar refractivity (Wildman–Crippen MR) is 74.6 cm³/mol. The van der Waals surface area contributed by atoms with E-state index in [1.54, 1.807) is 0 Å². The van der Waals surface area contributed by atoms with Crippen LogP contribution in [0, 0.1) is 0 Å². The van der Waals surface area contributed by atoms with Crippen LogP contribution in [-0.4, -0.2) is 21.7 Å². The Hall–Kier alpha value is -1.17. The van der Waals surface area contributed by atoms with Crippen LogP contribution in [-0.2, 0) is 4.57 Å². The van der Waals surface area contributed by atoms with Crippen molar-refractivity contribution in [3.05, 3.63) is 24.3 Å². The number of ether oxygens (including phenoxy) is 1. The van der Waals surface area contributed by atoms with Gasteiger partial charge in [-0.3, -0.25) is 4.57 Å². The number of nitrogens with one attached hydrogen (secondary N) is 1. The van der Waals surface area contributed by atoms with Crippen molar-refractivity contribution in [2.75, 3.05) is 5.32 Å². The summed E-state index contributed by atoms with van der Waals surface area (Å²) in [4.78, 5) is 19.3. The van der Waals surface area contributed by atoms with Crippen molar-refractivity contribution >= 4 is 13.3 Å². The molecule has 0 atom stereocenters. The highest BCUT2D eigenvalue weighted by molar-refractivity contribution is 7.53. The lowest BCUT2D eigenvalue weighted by Gasteiger charge is -2.39. The Morgan fingerprint density at radius 2 is 1.71 bits per heavy atom. The summed E-state index contributed by atoms with van der Waals surface area (Å²) in [7, 11) is -4.33. The molecule has 0 heterocycles. The normalized spacial score (nSPS) is 18.5. The van der Waals surface area contributed by atoms with E-state index in [1.165, 1.54) is 24.3 Å². The first-order chi connectivity index (χ1) is 9.82. The van der Waals surface area contributed by atoms with Crippen LogP contribution in [0.4, 0.5) is 14.5 Å². The standard InChI is InChI=1S/C13H18F2NO4P/c14-12(15)20-11-6-4-10(5-7-11)16-13(21(17,18)19)8-2-1-3-9-13/h4-7,12,16H,1-3,8-9H2,(H2,17,18,19). The third-order valence-electron chi connectivity index (χ3n) is 3.69. The van der Waals surface area contributed by atoms with Crippen molar-refractivity contribution in [2.45, 2.75) is 44.0 Å². The highest BCUT2D eigenvalue weighted by atomic mass is 31.2. The number of halogens is 2. The molecule has 0 saturated heterocycles. The highest BCUT2D eigenvalue weighted by Crippen LogP contribution is 2.57. The Labute approximate surface area is 121 Å². The van der Waals surface area contributed by atoms with E-state index in [2.05, 4.69) is 10.1 Å². The fourth-order valence-corrected chi connectivity index (χ4v) is 3.79. The summed E-state index contributed by atoms with van der Waals surface area (Å²) in [5, 5.41) is 1.64. The zero-order valence-corrected chi connectivity index (χ0v) is 12.2. The molecule has 1 saturated carbocycles. The van der Waals surface area contributed by atoms with Gasteiger partial charge in [-0.05, 0) is 37.1 Å². The molecule has 1 fully saturated rings. The zero-order valence-electron chi connectivity index (χ0n) is 11.3. The van der Waals surface area contributed by atoms with E-state index in [9.17, 15) is 23.1 Å². The van der Waals surface area contributed by atoms with Gasteiger partial charge in [0, 0.05) is 5.69 Å². The fourth-order valence-electron chi connectivity index (χ4n) is 2.61. The minimum Gasteiger partial charge on any atom is -0.435 e. The Bertz CT molecular complexity index is 511. The smallest absolute Gasteiger partial charge is 0.387 e. The van der Waals surface area contributed by atoms with E-state index < -0.39 is 19.5 Å². The zero-order chi connectivity index (χ0) is 15.5. The third kappa shape index (κ3) is 3.93. The summed E-state index contributed by atoms with van der Waals surface area (Å²) in [6, 6.07) is 5.63. The van der Waals surface area contributed by atoms with Gasteiger partial charge in [-0.2, -0.15) is 8.78 Å². The van der Waals surface area contributed by atoms with Crippen molar-refractivity contribution in [1.82, 2.24) is 0 Å². The van der Waals surface area contributed by atoms with Gasteiger partial charge in [0.25, 0.3) is 0 Å². The summed E-state index contributed by atoms with van der Waals surface area (Å²) in [5.74, 6) is 0.00410. The van der Waals surface area contributed by atoms with Crippen LogP contribution >= 0.6 is 7.60 Å². The molecule has 2 rings (SSSR count). The molecule has 1 aliphatic rings. The van der Waals surface area contributed by atoms with Crippen molar-refractivity contribution in [1.29, 1.82) is 0 Å². The largest absolute Gasteiger partial charge is 0.435 e. The molecule has 3 N–H and O–H groups in total. The van der Waals surface area contributed by atoms with Crippen LogP contribution in [0.3, 0.4) is 0 Å². The van der Waals surface area contributed by atoms with E-state index in [4.69, 9.17) is 0 Å². The van der Waals surface area contributed by atoms with Crippen molar-refractivity contribution < 1.29 is 27.9 Å². The summed E-state index contributed by atoms with van der Waals surface area (Å²) < 4.78 is 40.2. The molecule has 0 aliphatic heterocycles. The molecular formula is C13H18F2NO4P. The molecule has 0 aromatic heterocycles. The van der Waals surface area contributed by atoms with Crippen LogP contribution in [0.2, 0.25) is 0 Å². The quantitative estimate of drug-likeness (QED) is 0.723. The van der Waals surface area contributed by atoms with Gasteiger partial charge in [0.05, 0.1) is 0 Å². The summed E-state index contributed by atoms with van der Waals surface area (Å²) in [6.07, 6.45) is 3.19. The topological polar surface area (TPSA) is 78.8 Å². The average Bonchev–Trinajstić information content (AvgIpc) is 2.40. The van der Waals surface area contributed by atoms with Crippen LogP contribution in [0.15, 0.2) is 24.3 Å². The minimum atomic E-state index is -4.33. The lowest BCUT2D eigenvalue weighted by atomic mass is 9.94. The van der Waals surface area contributed by atoms with Gasteiger partial charge in [-0.25, -0.2) is 0 Å². The highest BCUT2D eigenvalue weighted by Gasteiger charge is 2.47. The first-order valence-electron chi connectivity index (χ1n) is 6.71. The van der Waals surface area contributed by atoms with E-state index >= 15 is 0 Å². The van der Waals surface area contributed by atoms with Gasteiger partial charge in [-0.1, -0.05) is 19.3 Å². The number of alkyl halides is 2. The Balaban J connectivity index is 2.15. The van der Waals surface area contributed by atoms with Crippen LogP contribution < -0.4 is 10.1 Å².